The molecule has 2 aliphatic heterocycles. The number of halogens is 1. The van der Waals surface area contributed by atoms with Crippen molar-refractivity contribution in [3.8, 4) is 11.4 Å². The molecule has 2 atom stereocenters. The number of allylic oxidation sites excluding steroid dienone is 1. The van der Waals surface area contributed by atoms with Crippen LogP contribution in [-0.2, 0) is 4.74 Å². The molecule has 0 aliphatic carbocycles. The van der Waals surface area contributed by atoms with Crippen molar-refractivity contribution >= 4 is 23.2 Å². The summed E-state index contributed by atoms with van der Waals surface area (Å²) in [6.45, 7) is 3.11. The van der Waals surface area contributed by atoms with Crippen LogP contribution in [0.2, 0.25) is 5.02 Å². The second-order valence-electron chi connectivity index (χ2n) is 7.97. The normalized spacial score (nSPS) is 21.2. The molecule has 3 heterocycles. The van der Waals surface area contributed by atoms with Gasteiger partial charge < -0.3 is 14.6 Å². The highest BCUT2D eigenvalue weighted by Crippen LogP contribution is 2.38. The summed E-state index contributed by atoms with van der Waals surface area (Å²) in [6.07, 6.45) is 1.95. The van der Waals surface area contributed by atoms with Crippen molar-refractivity contribution in [1.82, 2.24) is 20.4 Å². The summed E-state index contributed by atoms with van der Waals surface area (Å²) in [4.78, 5) is 19.5. The van der Waals surface area contributed by atoms with Crippen LogP contribution in [-0.4, -0.2) is 40.3 Å². The van der Waals surface area contributed by atoms with Crippen LogP contribution in [0.4, 0.5) is 4.79 Å². The van der Waals surface area contributed by atoms with E-state index in [-0.39, 0.29) is 12.1 Å². The van der Waals surface area contributed by atoms with Gasteiger partial charge in [0.1, 0.15) is 0 Å². The molecule has 7 nitrogen and oxygen atoms in total. The van der Waals surface area contributed by atoms with Gasteiger partial charge in [0.05, 0.1) is 24.3 Å². The number of ether oxygens (including phenoxy) is 1. The van der Waals surface area contributed by atoms with Crippen molar-refractivity contribution in [2.24, 2.45) is 0 Å². The summed E-state index contributed by atoms with van der Waals surface area (Å²) < 4.78 is 11.5. The standard InChI is InChI=1S/C24H23ClN4O3/c1-15-20(23-27-22(28-32-23)16-7-3-2-4-8-16)21(17-9-5-10-18(25)13-17)26-24(30)29(15)14-19-11-6-12-31-19/h2-5,7-10,13,19,21H,6,11-12,14H2,1H3,(H,26,30). The first kappa shape index (κ1) is 20.7. The molecule has 2 aliphatic rings. The number of amides is 2. The number of nitrogens with zero attached hydrogens (tertiary/aromatic N) is 3. The van der Waals surface area contributed by atoms with E-state index < -0.39 is 6.04 Å². The van der Waals surface area contributed by atoms with Crippen LogP contribution in [0.15, 0.2) is 64.8 Å². The third-order valence-corrected chi connectivity index (χ3v) is 6.11. The molecule has 8 heteroatoms. The lowest BCUT2D eigenvalue weighted by atomic mass is 9.94. The van der Waals surface area contributed by atoms with E-state index in [0.717, 1.165) is 41.8 Å². The maximum Gasteiger partial charge on any atom is 0.322 e. The molecule has 0 radical (unpaired) electrons. The molecule has 2 unspecified atom stereocenters. The predicted octanol–water partition coefficient (Wildman–Crippen LogP) is 5.07. The lowest BCUT2D eigenvalue weighted by molar-refractivity contribution is 0.0877. The Kier molecular flexibility index (Phi) is 5.68. The number of carbonyl (C=O) groups is 1. The minimum absolute atomic E-state index is 0.0160. The SMILES string of the molecule is CC1=C(c2nc(-c3ccccc3)no2)C(c2cccc(Cl)c2)NC(=O)N1CC1CCCO1. The maximum atomic E-state index is 13.1. The minimum Gasteiger partial charge on any atom is -0.376 e. The number of hydrogen-bond acceptors (Lipinski definition) is 5. The van der Waals surface area contributed by atoms with Gasteiger partial charge in [-0.25, -0.2) is 4.79 Å². The van der Waals surface area contributed by atoms with Gasteiger partial charge in [-0.1, -0.05) is 59.2 Å². The molecular weight excluding hydrogens is 428 g/mol. The summed E-state index contributed by atoms with van der Waals surface area (Å²) >= 11 is 6.25. The molecule has 164 valence electrons. The fraction of sp³-hybridized carbons (Fsp3) is 0.292. The Labute approximate surface area is 191 Å². The van der Waals surface area contributed by atoms with Gasteiger partial charge >= 0.3 is 6.03 Å². The molecule has 0 bridgehead atoms. The average molecular weight is 451 g/mol. The monoisotopic (exact) mass is 450 g/mol. The number of rotatable bonds is 5. The summed E-state index contributed by atoms with van der Waals surface area (Å²) in [6, 6.07) is 16.4. The van der Waals surface area contributed by atoms with E-state index in [1.54, 1.807) is 11.0 Å². The van der Waals surface area contributed by atoms with Gasteiger partial charge in [-0.2, -0.15) is 4.98 Å². The maximum absolute atomic E-state index is 13.1. The molecule has 1 saturated heterocycles. The predicted molar refractivity (Wildman–Crippen MR) is 121 cm³/mol. The number of carbonyl (C=O) groups excluding carboxylic acids is 1. The fourth-order valence-electron chi connectivity index (χ4n) is 4.24. The first-order valence-corrected chi connectivity index (χ1v) is 11.0. The summed E-state index contributed by atoms with van der Waals surface area (Å²) in [5.74, 6) is 0.858. The first-order valence-electron chi connectivity index (χ1n) is 10.7. The van der Waals surface area contributed by atoms with E-state index in [1.807, 2.05) is 55.5 Å². The Hall–Kier alpha value is -3.16. The van der Waals surface area contributed by atoms with Crippen LogP contribution in [0.1, 0.15) is 37.3 Å². The molecule has 1 aromatic heterocycles. The van der Waals surface area contributed by atoms with Crippen LogP contribution in [0, 0.1) is 0 Å². The fourth-order valence-corrected chi connectivity index (χ4v) is 4.44. The van der Waals surface area contributed by atoms with Gasteiger partial charge in [0.25, 0.3) is 5.89 Å². The number of hydrogen-bond donors (Lipinski definition) is 1. The van der Waals surface area contributed by atoms with Crippen molar-refractivity contribution in [2.45, 2.75) is 31.9 Å². The van der Waals surface area contributed by atoms with Gasteiger partial charge in [0.15, 0.2) is 0 Å². The molecular formula is C24H23ClN4O3. The third kappa shape index (κ3) is 4.01. The third-order valence-electron chi connectivity index (χ3n) is 5.88. The molecule has 0 saturated carbocycles. The second-order valence-corrected chi connectivity index (χ2v) is 8.41. The van der Waals surface area contributed by atoms with Crippen LogP contribution >= 0.6 is 11.6 Å². The van der Waals surface area contributed by atoms with Gasteiger partial charge in [-0.05, 0) is 37.5 Å². The zero-order valence-electron chi connectivity index (χ0n) is 17.6. The Morgan fingerprint density at radius 3 is 2.78 bits per heavy atom. The molecule has 2 amide bonds. The average Bonchev–Trinajstić information content (AvgIpc) is 3.49. The molecule has 32 heavy (non-hydrogen) atoms. The van der Waals surface area contributed by atoms with E-state index in [1.165, 1.54) is 0 Å². The Morgan fingerprint density at radius 1 is 1.19 bits per heavy atom. The van der Waals surface area contributed by atoms with E-state index in [0.29, 0.717) is 23.3 Å². The lowest BCUT2D eigenvalue weighted by Gasteiger charge is -2.36. The Bertz CT molecular complexity index is 1150. The molecule has 1 fully saturated rings. The summed E-state index contributed by atoms with van der Waals surface area (Å²) in [5, 5.41) is 7.87. The zero-order chi connectivity index (χ0) is 22.1. The van der Waals surface area contributed by atoms with Crippen molar-refractivity contribution in [3.05, 3.63) is 76.8 Å². The summed E-state index contributed by atoms with van der Waals surface area (Å²) in [7, 11) is 0. The van der Waals surface area contributed by atoms with E-state index in [2.05, 4.69) is 15.5 Å². The second kappa shape index (κ2) is 8.76. The molecule has 2 aromatic carbocycles. The van der Waals surface area contributed by atoms with Crippen LogP contribution < -0.4 is 5.32 Å². The quantitative estimate of drug-likeness (QED) is 0.587. The number of urea groups is 1. The number of aromatic nitrogens is 2. The highest BCUT2D eigenvalue weighted by molar-refractivity contribution is 6.30. The molecule has 3 aromatic rings. The first-order chi connectivity index (χ1) is 15.6. The largest absolute Gasteiger partial charge is 0.376 e. The van der Waals surface area contributed by atoms with Crippen LogP contribution in [0.25, 0.3) is 17.0 Å². The van der Waals surface area contributed by atoms with Gasteiger partial charge in [0.2, 0.25) is 5.82 Å². The number of benzene rings is 2. The van der Waals surface area contributed by atoms with E-state index in [9.17, 15) is 4.79 Å². The molecule has 1 N–H and O–H groups in total. The smallest absolute Gasteiger partial charge is 0.322 e. The zero-order valence-corrected chi connectivity index (χ0v) is 18.4. The van der Waals surface area contributed by atoms with Crippen molar-refractivity contribution in [1.29, 1.82) is 0 Å². The van der Waals surface area contributed by atoms with Crippen LogP contribution in [0.5, 0.6) is 0 Å². The van der Waals surface area contributed by atoms with E-state index >= 15 is 0 Å². The topological polar surface area (TPSA) is 80.5 Å². The van der Waals surface area contributed by atoms with Gasteiger partial charge in [-0.3, -0.25) is 4.90 Å². The summed E-state index contributed by atoms with van der Waals surface area (Å²) in [5.41, 5.74) is 3.21. The Morgan fingerprint density at radius 2 is 2.03 bits per heavy atom. The lowest BCUT2D eigenvalue weighted by Crippen LogP contribution is -2.48. The molecule has 0 spiro atoms. The van der Waals surface area contributed by atoms with E-state index in [4.69, 9.17) is 20.9 Å². The van der Waals surface area contributed by atoms with Crippen molar-refractivity contribution in [3.63, 3.8) is 0 Å². The highest BCUT2D eigenvalue weighted by atomic mass is 35.5. The van der Waals surface area contributed by atoms with Crippen molar-refractivity contribution in [2.75, 3.05) is 13.2 Å². The van der Waals surface area contributed by atoms with Crippen molar-refractivity contribution < 1.29 is 14.1 Å². The number of nitrogens with one attached hydrogen (secondary N) is 1. The Balaban J connectivity index is 1.58. The van der Waals surface area contributed by atoms with Crippen LogP contribution in [0.3, 0.4) is 0 Å². The molecule has 5 rings (SSSR count). The highest BCUT2D eigenvalue weighted by Gasteiger charge is 2.37. The van der Waals surface area contributed by atoms with Gasteiger partial charge in [-0.15, -0.1) is 0 Å². The minimum atomic E-state index is -0.467. The van der Waals surface area contributed by atoms with Gasteiger partial charge in [0, 0.05) is 22.9 Å².